The van der Waals surface area contributed by atoms with Crippen molar-refractivity contribution in [2.45, 2.75) is 32.5 Å². The van der Waals surface area contributed by atoms with Crippen LogP contribution >= 0.6 is 0 Å². The van der Waals surface area contributed by atoms with Crippen LogP contribution in [0.1, 0.15) is 31.0 Å². The molecule has 23 heavy (non-hydrogen) atoms. The Morgan fingerprint density at radius 2 is 1.65 bits per heavy atom. The number of hydrogen-bond donors (Lipinski definition) is 1. The Hall–Kier alpha value is -2.39. The second kappa shape index (κ2) is 8.91. The maximum atomic E-state index is 11.7. The Bertz CT molecular complexity index is 621. The Morgan fingerprint density at radius 3 is 2.26 bits per heavy atom. The van der Waals surface area contributed by atoms with E-state index in [1.807, 2.05) is 68.5 Å². The lowest BCUT2D eigenvalue weighted by Crippen LogP contribution is -2.19. The number of hydrogen-bond acceptors (Lipinski definition) is 3. The van der Waals surface area contributed by atoms with Gasteiger partial charge in [-0.3, -0.25) is 0 Å². The molecule has 3 heteroatoms. The zero-order valence-electron chi connectivity index (χ0n) is 13.6. The summed E-state index contributed by atoms with van der Waals surface area (Å²) in [5, 5.41) is 3.47. The predicted molar refractivity (Wildman–Crippen MR) is 92.8 cm³/mol. The topological polar surface area (TPSA) is 38.3 Å². The summed E-state index contributed by atoms with van der Waals surface area (Å²) in [7, 11) is 0. The Labute approximate surface area is 138 Å². The van der Waals surface area contributed by atoms with Crippen molar-refractivity contribution in [1.29, 1.82) is 0 Å². The summed E-state index contributed by atoms with van der Waals surface area (Å²) in [5.74, 6) is -0.317. The van der Waals surface area contributed by atoms with Crippen LogP contribution in [0, 0.1) is 0 Å². The van der Waals surface area contributed by atoms with Crippen molar-refractivity contribution in [2.24, 2.45) is 0 Å². The van der Waals surface area contributed by atoms with E-state index < -0.39 is 0 Å². The SMILES string of the molecule is CC(C)OC(=O)/C=C/[C@@H](NCc1ccccc1)c1ccccc1. The molecule has 0 saturated carbocycles. The van der Waals surface area contributed by atoms with Crippen molar-refractivity contribution in [3.05, 3.63) is 83.9 Å². The first-order valence-electron chi connectivity index (χ1n) is 7.86. The summed E-state index contributed by atoms with van der Waals surface area (Å²) in [6.45, 7) is 4.41. The molecule has 2 rings (SSSR count). The molecule has 1 atom stereocenters. The Balaban J connectivity index is 2.06. The minimum atomic E-state index is -0.317. The normalized spacial score (nSPS) is 12.5. The molecule has 0 aliphatic heterocycles. The van der Waals surface area contributed by atoms with Crippen molar-refractivity contribution < 1.29 is 9.53 Å². The number of rotatable bonds is 7. The van der Waals surface area contributed by atoms with Gasteiger partial charge in [0.25, 0.3) is 0 Å². The van der Waals surface area contributed by atoms with E-state index in [1.165, 1.54) is 11.6 Å². The lowest BCUT2D eigenvalue weighted by Gasteiger charge is -2.16. The second-order valence-corrected chi connectivity index (χ2v) is 5.60. The van der Waals surface area contributed by atoms with Gasteiger partial charge in [-0.1, -0.05) is 66.7 Å². The molecular weight excluding hydrogens is 286 g/mol. The molecule has 0 heterocycles. The van der Waals surface area contributed by atoms with Crippen molar-refractivity contribution >= 4 is 5.97 Å². The number of ether oxygens (including phenoxy) is 1. The van der Waals surface area contributed by atoms with Gasteiger partial charge in [0.1, 0.15) is 0 Å². The van der Waals surface area contributed by atoms with Crippen LogP contribution in [-0.2, 0) is 16.1 Å². The third-order valence-electron chi connectivity index (χ3n) is 3.30. The fraction of sp³-hybridized carbons (Fsp3) is 0.250. The van der Waals surface area contributed by atoms with E-state index >= 15 is 0 Å². The van der Waals surface area contributed by atoms with Gasteiger partial charge < -0.3 is 10.1 Å². The summed E-state index contributed by atoms with van der Waals surface area (Å²) in [6, 6.07) is 20.2. The number of carbonyl (C=O) groups is 1. The quantitative estimate of drug-likeness (QED) is 0.620. The average molecular weight is 309 g/mol. The zero-order valence-corrected chi connectivity index (χ0v) is 13.6. The van der Waals surface area contributed by atoms with Gasteiger partial charge in [0.05, 0.1) is 12.1 Å². The lowest BCUT2D eigenvalue weighted by molar-refractivity contribution is -0.141. The minimum Gasteiger partial charge on any atom is -0.460 e. The zero-order chi connectivity index (χ0) is 16.5. The number of nitrogens with one attached hydrogen (secondary N) is 1. The summed E-state index contributed by atoms with van der Waals surface area (Å²) >= 11 is 0. The largest absolute Gasteiger partial charge is 0.460 e. The van der Waals surface area contributed by atoms with E-state index in [-0.39, 0.29) is 18.1 Å². The molecule has 2 aromatic carbocycles. The number of carbonyl (C=O) groups excluding carboxylic acids is 1. The van der Waals surface area contributed by atoms with E-state index in [4.69, 9.17) is 4.74 Å². The maximum Gasteiger partial charge on any atom is 0.330 e. The van der Waals surface area contributed by atoms with Crippen LogP contribution in [0.2, 0.25) is 0 Å². The van der Waals surface area contributed by atoms with Crippen LogP contribution in [0.25, 0.3) is 0 Å². The van der Waals surface area contributed by atoms with E-state index in [9.17, 15) is 4.79 Å². The van der Waals surface area contributed by atoms with Crippen molar-refractivity contribution in [1.82, 2.24) is 5.32 Å². The molecule has 0 spiro atoms. The van der Waals surface area contributed by atoms with Gasteiger partial charge in [-0.2, -0.15) is 0 Å². The second-order valence-electron chi connectivity index (χ2n) is 5.60. The third kappa shape index (κ3) is 6.09. The molecule has 0 fully saturated rings. The van der Waals surface area contributed by atoms with Gasteiger partial charge >= 0.3 is 5.97 Å². The summed E-state index contributed by atoms with van der Waals surface area (Å²) in [4.78, 5) is 11.7. The monoisotopic (exact) mass is 309 g/mol. The molecule has 0 radical (unpaired) electrons. The first kappa shape index (κ1) is 17.0. The fourth-order valence-electron chi connectivity index (χ4n) is 2.23. The van der Waals surface area contributed by atoms with Crippen LogP contribution in [0.5, 0.6) is 0 Å². The van der Waals surface area contributed by atoms with Crippen molar-refractivity contribution in [3.8, 4) is 0 Å². The molecule has 0 aliphatic carbocycles. The fourth-order valence-corrected chi connectivity index (χ4v) is 2.23. The van der Waals surface area contributed by atoms with Gasteiger partial charge in [-0.05, 0) is 25.0 Å². The van der Waals surface area contributed by atoms with Gasteiger partial charge in [0, 0.05) is 12.6 Å². The van der Waals surface area contributed by atoms with E-state index in [1.54, 1.807) is 0 Å². The summed E-state index contributed by atoms with van der Waals surface area (Å²) in [5.41, 5.74) is 2.31. The number of benzene rings is 2. The van der Waals surface area contributed by atoms with Crippen molar-refractivity contribution in [2.75, 3.05) is 0 Å². The first-order valence-corrected chi connectivity index (χ1v) is 7.86. The molecule has 0 amide bonds. The molecule has 0 aliphatic rings. The standard InChI is InChI=1S/C20H23NO2/c1-16(2)23-20(22)14-13-19(18-11-7-4-8-12-18)21-15-17-9-5-3-6-10-17/h3-14,16,19,21H,15H2,1-2H3/b14-13+/t19-/m1/s1. The highest BCUT2D eigenvalue weighted by Crippen LogP contribution is 2.15. The highest BCUT2D eigenvalue weighted by atomic mass is 16.5. The Morgan fingerprint density at radius 1 is 1.04 bits per heavy atom. The van der Waals surface area contributed by atoms with Gasteiger partial charge in [-0.15, -0.1) is 0 Å². The highest BCUT2D eigenvalue weighted by molar-refractivity contribution is 5.82. The van der Waals surface area contributed by atoms with Crippen LogP contribution in [0.4, 0.5) is 0 Å². The van der Waals surface area contributed by atoms with Gasteiger partial charge in [0.15, 0.2) is 0 Å². The minimum absolute atomic E-state index is 0.0453. The number of esters is 1. The molecule has 120 valence electrons. The van der Waals surface area contributed by atoms with Crippen LogP contribution in [0.3, 0.4) is 0 Å². The van der Waals surface area contributed by atoms with Crippen LogP contribution < -0.4 is 5.32 Å². The molecule has 0 bridgehead atoms. The van der Waals surface area contributed by atoms with E-state index in [0.717, 1.165) is 12.1 Å². The van der Waals surface area contributed by atoms with E-state index in [0.29, 0.717) is 0 Å². The van der Waals surface area contributed by atoms with Crippen LogP contribution in [0.15, 0.2) is 72.8 Å². The molecular formula is C20H23NO2. The molecule has 0 unspecified atom stereocenters. The van der Waals surface area contributed by atoms with Gasteiger partial charge in [-0.25, -0.2) is 4.79 Å². The average Bonchev–Trinajstić information content (AvgIpc) is 2.56. The summed E-state index contributed by atoms with van der Waals surface area (Å²) in [6.07, 6.45) is 3.23. The Kier molecular flexibility index (Phi) is 6.57. The molecule has 0 saturated heterocycles. The lowest BCUT2D eigenvalue weighted by atomic mass is 10.1. The van der Waals surface area contributed by atoms with Crippen LogP contribution in [-0.4, -0.2) is 12.1 Å². The smallest absolute Gasteiger partial charge is 0.330 e. The molecule has 0 aromatic heterocycles. The van der Waals surface area contributed by atoms with Gasteiger partial charge in [0.2, 0.25) is 0 Å². The third-order valence-corrected chi connectivity index (χ3v) is 3.30. The summed E-state index contributed by atoms with van der Waals surface area (Å²) < 4.78 is 5.15. The van der Waals surface area contributed by atoms with Crippen molar-refractivity contribution in [3.63, 3.8) is 0 Å². The first-order chi connectivity index (χ1) is 11.1. The highest BCUT2D eigenvalue weighted by Gasteiger charge is 2.08. The molecule has 1 N–H and O–H groups in total. The maximum absolute atomic E-state index is 11.7. The molecule has 3 nitrogen and oxygen atoms in total. The predicted octanol–water partition coefficient (Wildman–Crippen LogP) is 4.03. The van der Waals surface area contributed by atoms with E-state index in [2.05, 4.69) is 17.4 Å². The molecule has 2 aromatic rings.